The molecule has 15 heavy (non-hydrogen) atoms. The van der Waals surface area contributed by atoms with Crippen LogP contribution in [0.2, 0.25) is 0 Å². The Morgan fingerprint density at radius 2 is 1.40 bits per heavy atom. The van der Waals surface area contributed by atoms with Crippen molar-refractivity contribution >= 4 is 7.60 Å². The summed E-state index contributed by atoms with van der Waals surface area (Å²) in [6, 6.07) is 0. The van der Waals surface area contributed by atoms with Crippen LogP contribution < -0.4 is 5.73 Å². The van der Waals surface area contributed by atoms with E-state index in [1.165, 1.54) is 0 Å². The molecule has 0 unspecified atom stereocenters. The molecule has 0 bridgehead atoms. The summed E-state index contributed by atoms with van der Waals surface area (Å²) in [7, 11) is -3.27. The van der Waals surface area contributed by atoms with Crippen molar-refractivity contribution in [1.82, 2.24) is 0 Å². The van der Waals surface area contributed by atoms with Gasteiger partial charge in [-0.2, -0.15) is 0 Å². The van der Waals surface area contributed by atoms with Crippen molar-refractivity contribution in [3.63, 3.8) is 0 Å². The van der Waals surface area contributed by atoms with Gasteiger partial charge >= 0.3 is 7.60 Å². The van der Waals surface area contributed by atoms with Crippen LogP contribution in [0, 0.1) is 5.41 Å². The molecule has 4 nitrogen and oxygen atoms in total. The molecule has 92 valence electrons. The minimum atomic E-state index is -3.27. The smallest absolute Gasteiger partial charge is 0.315 e. The fourth-order valence-electron chi connectivity index (χ4n) is 1.06. The molecular formula is C10H24NO3P. The molecule has 0 saturated carbocycles. The summed E-state index contributed by atoms with van der Waals surface area (Å²) in [6.45, 7) is 11.7. The molecule has 0 aliphatic heterocycles. The van der Waals surface area contributed by atoms with Gasteiger partial charge in [-0.15, -0.1) is 0 Å². The van der Waals surface area contributed by atoms with Crippen molar-refractivity contribution in [3.05, 3.63) is 0 Å². The molecule has 0 saturated heterocycles. The highest BCUT2D eigenvalue weighted by atomic mass is 31.2. The van der Waals surface area contributed by atoms with E-state index >= 15 is 0 Å². The van der Waals surface area contributed by atoms with Gasteiger partial charge in [-0.25, -0.2) is 0 Å². The Hall–Kier alpha value is 0.110. The van der Waals surface area contributed by atoms with Gasteiger partial charge in [0, 0.05) is 0 Å². The van der Waals surface area contributed by atoms with Crippen LogP contribution in [0.25, 0.3) is 0 Å². The largest absolute Gasteiger partial charge is 0.350 e. The zero-order chi connectivity index (χ0) is 12.3. The number of nitrogens with two attached hydrogens (primary N) is 1. The van der Waals surface area contributed by atoms with Crippen LogP contribution in [0.1, 0.15) is 41.5 Å². The number of hydrogen-bond acceptors (Lipinski definition) is 4. The lowest BCUT2D eigenvalue weighted by atomic mass is 9.88. The van der Waals surface area contributed by atoms with Gasteiger partial charge in [0.05, 0.1) is 13.2 Å². The van der Waals surface area contributed by atoms with Crippen LogP contribution >= 0.6 is 7.60 Å². The SMILES string of the molecule is CCOP(=O)(OCC)[C@@](C)(N)C(C)(C)C. The van der Waals surface area contributed by atoms with Crippen molar-refractivity contribution in [2.45, 2.75) is 46.8 Å². The molecule has 0 aliphatic carbocycles. The molecule has 1 atom stereocenters. The first-order valence-corrected chi connectivity index (χ1v) is 6.84. The third-order valence-corrected chi connectivity index (χ3v) is 5.69. The second-order valence-electron chi connectivity index (χ2n) is 4.73. The lowest BCUT2D eigenvalue weighted by Crippen LogP contribution is -2.49. The van der Waals surface area contributed by atoms with Gasteiger partial charge < -0.3 is 14.8 Å². The van der Waals surface area contributed by atoms with Crippen LogP contribution in [0.15, 0.2) is 0 Å². The van der Waals surface area contributed by atoms with Crippen molar-refractivity contribution < 1.29 is 13.6 Å². The van der Waals surface area contributed by atoms with E-state index in [0.29, 0.717) is 13.2 Å². The monoisotopic (exact) mass is 237 g/mol. The first kappa shape index (κ1) is 15.1. The maximum atomic E-state index is 12.5. The topological polar surface area (TPSA) is 61.5 Å². The number of hydrogen-bond donors (Lipinski definition) is 1. The van der Waals surface area contributed by atoms with E-state index in [1.807, 2.05) is 20.8 Å². The van der Waals surface area contributed by atoms with Crippen LogP contribution in [0.3, 0.4) is 0 Å². The molecule has 2 N–H and O–H groups in total. The molecule has 0 aliphatic rings. The Morgan fingerprint density at radius 3 is 1.60 bits per heavy atom. The van der Waals surface area contributed by atoms with E-state index in [-0.39, 0.29) is 5.41 Å². The summed E-state index contributed by atoms with van der Waals surface area (Å²) in [5.74, 6) is 0. The highest BCUT2D eigenvalue weighted by molar-refractivity contribution is 7.55. The summed E-state index contributed by atoms with van der Waals surface area (Å²) >= 11 is 0. The van der Waals surface area contributed by atoms with Gasteiger partial charge in [-0.1, -0.05) is 20.8 Å². The predicted octanol–water partition coefficient (Wildman–Crippen LogP) is 2.97. The van der Waals surface area contributed by atoms with E-state index in [1.54, 1.807) is 20.8 Å². The van der Waals surface area contributed by atoms with E-state index < -0.39 is 12.9 Å². The highest BCUT2D eigenvalue weighted by Crippen LogP contribution is 2.63. The average molecular weight is 237 g/mol. The van der Waals surface area contributed by atoms with E-state index in [9.17, 15) is 4.57 Å². The Labute approximate surface area is 93.1 Å². The third kappa shape index (κ3) is 3.04. The van der Waals surface area contributed by atoms with Gasteiger partial charge in [-0.3, -0.25) is 4.57 Å². The van der Waals surface area contributed by atoms with Gasteiger partial charge in [0.1, 0.15) is 5.28 Å². The average Bonchev–Trinajstić information content (AvgIpc) is 2.02. The molecule has 0 amide bonds. The summed E-state index contributed by atoms with van der Waals surface area (Å²) in [5.41, 5.74) is 5.78. The third-order valence-electron chi connectivity index (χ3n) is 2.69. The first-order valence-electron chi connectivity index (χ1n) is 5.30. The molecule has 0 fully saturated rings. The van der Waals surface area contributed by atoms with Crippen molar-refractivity contribution in [2.75, 3.05) is 13.2 Å². The molecule has 5 heteroatoms. The first-order chi connectivity index (χ1) is 6.62. The van der Waals surface area contributed by atoms with Crippen molar-refractivity contribution in [3.8, 4) is 0 Å². The molecule has 0 heterocycles. The van der Waals surface area contributed by atoms with Crippen LogP contribution in [0.5, 0.6) is 0 Å². The molecule has 0 aromatic carbocycles. The quantitative estimate of drug-likeness (QED) is 0.747. The van der Waals surface area contributed by atoms with Gasteiger partial charge in [0.15, 0.2) is 0 Å². The maximum absolute atomic E-state index is 12.5. The van der Waals surface area contributed by atoms with Crippen LogP contribution in [-0.2, 0) is 13.6 Å². The van der Waals surface area contributed by atoms with E-state index in [2.05, 4.69) is 0 Å². The summed E-state index contributed by atoms with van der Waals surface area (Å²) < 4.78 is 23.1. The van der Waals surface area contributed by atoms with Crippen molar-refractivity contribution in [2.24, 2.45) is 11.1 Å². The Kier molecular flexibility index (Phi) is 5.00. The second kappa shape index (κ2) is 4.96. The maximum Gasteiger partial charge on any atom is 0.350 e. The Morgan fingerprint density at radius 1 is 1.07 bits per heavy atom. The van der Waals surface area contributed by atoms with Gasteiger partial charge in [-0.05, 0) is 26.2 Å². The molecule has 0 radical (unpaired) electrons. The predicted molar refractivity (Wildman–Crippen MR) is 62.9 cm³/mol. The molecule has 0 spiro atoms. The van der Waals surface area contributed by atoms with E-state index in [4.69, 9.17) is 14.8 Å². The standard InChI is InChI=1S/C10H24NO3P/c1-7-13-15(12,14-8-2)10(6,11)9(3,4)5/h7-8,11H2,1-6H3/t10-/m1/s1. The van der Waals surface area contributed by atoms with E-state index in [0.717, 1.165) is 0 Å². The molecule has 0 rings (SSSR count). The summed E-state index contributed by atoms with van der Waals surface area (Å²) in [5, 5.41) is -0.994. The normalized spacial score (nSPS) is 17.5. The summed E-state index contributed by atoms with van der Waals surface area (Å²) in [4.78, 5) is 0. The lowest BCUT2D eigenvalue weighted by Gasteiger charge is -2.42. The zero-order valence-electron chi connectivity index (χ0n) is 10.7. The van der Waals surface area contributed by atoms with Crippen LogP contribution in [0.4, 0.5) is 0 Å². The minimum absolute atomic E-state index is 0.333. The molecular weight excluding hydrogens is 213 g/mol. The van der Waals surface area contributed by atoms with Gasteiger partial charge in [0.2, 0.25) is 0 Å². The van der Waals surface area contributed by atoms with Crippen molar-refractivity contribution in [1.29, 1.82) is 0 Å². The van der Waals surface area contributed by atoms with Gasteiger partial charge in [0.25, 0.3) is 0 Å². The fraction of sp³-hybridized carbons (Fsp3) is 1.00. The summed E-state index contributed by atoms with van der Waals surface area (Å²) in [6.07, 6.45) is 0. The molecule has 0 aromatic heterocycles. The Bertz CT molecular complexity index is 236. The second-order valence-corrected chi connectivity index (χ2v) is 7.17. The lowest BCUT2D eigenvalue weighted by molar-refractivity contribution is 0.161. The highest BCUT2D eigenvalue weighted by Gasteiger charge is 2.51. The molecule has 0 aromatic rings. The minimum Gasteiger partial charge on any atom is -0.315 e. The van der Waals surface area contributed by atoms with Crippen LogP contribution in [-0.4, -0.2) is 18.5 Å². The Balaban J connectivity index is 5.16. The number of rotatable bonds is 5. The zero-order valence-corrected chi connectivity index (χ0v) is 11.6. The fourth-order valence-corrected chi connectivity index (χ4v) is 3.17.